The summed E-state index contributed by atoms with van der Waals surface area (Å²) in [5.74, 6) is -2.32. The van der Waals surface area contributed by atoms with Crippen molar-refractivity contribution in [2.75, 3.05) is 13.7 Å². The van der Waals surface area contributed by atoms with Gasteiger partial charge in [0.25, 0.3) is 0 Å². The number of likely N-dealkylation sites (N-methyl/N-ethyl adjacent to an activating group) is 1. The summed E-state index contributed by atoms with van der Waals surface area (Å²) in [7, 11) is 1.34. The first-order chi connectivity index (χ1) is 8.24. The first-order valence-electron chi connectivity index (χ1n) is 5.21. The summed E-state index contributed by atoms with van der Waals surface area (Å²) < 4.78 is 5.85. The van der Waals surface area contributed by atoms with Crippen LogP contribution in [0.4, 0.5) is 0 Å². The quantitative estimate of drug-likeness (QED) is 0.262. The molecular weight excluding hydrogens is 313 g/mol. The number of aliphatic hydroxyl groups excluding tert-OH is 4. The van der Waals surface area contributed by atoms with Gasteiger partial charge >= 0.3 is 110 Å². The van der Waals surface area contributed by atoms with E-state index in [9.17, 15) is 25.2 Å². The molecule has 106 valence electrons. The molecule has 1 aliphatic rings. The van der Waals surface area contributed by atoms with Crippen LogP contribution in [0.25, 0.3) is 0 Å². The minimum atomic E-state index is -2.32. The molecule has 5 unspecified atom stereocenters. The van der Waals surface area contributed by atoms with Gasteiger partial charge in [-0.1, -0.05) is 0 Å². The van der Waals surface area contributed by atoms with Crippen LogP contribution in [-0.4, -0.2) is 93.3 Å². The molecule has 18 heavy (non-hydrogen) atoms. The monoisotopic (exact) mass is 331 g/mol. The Kier molecular flexibility index (Phi) is 5.24. The van der Waals surface area contributed by atoms with E-state index >= 15 is 0 Å². The number of hydrogen-bond donors (Lipinski definition) is 5. The fourth-order valence-corrected chi connectivity index (χ4v) is 3.06. The Morgan fingerprint density at radius 3 is 2.39 bits per heavy atom. The maximum absolute atomic E-state index is 11.0. The van der Waals surface area contributed by atoms with Crippen molar-refractivity contribution in [3.8, 4) is 0 Å². The second kappa shape index (κ2) is 5.91. The molecule has 5 N–H and O–H groups in total. The number of carbonyl (C=O) groups excluding carboxylic acids is 1. The number of nitrogens with zero attached hydrogens (tertiary/aromatic N) is 1. The van der Waals surface area contributed by atoms with E-state index in [1.807, 2.05) is 0 Å². The van der Waals surface area contributed by atoms with Gasteiger partial charge in [-0.05, 0) is 0 Å². The molecule has 0 aromatic carbocycles. The van der Waals surface area contributed by atoms with Gasteiger partial charge in [0.2, 0.25) is 0 Å². The standard InChI is InChI=1S/C9H17NO7Se/c1-4(12)18-10(2)9(16)8(15)7(14)6(13)5(3-11)17-9/h5-8,11,13-16H,3H2,1-2H3. The average Bonchev–Trinajstić information content (AvgIpc) is 2.30. The zero-order chi connectivity index (χ0) is 14.1. The molecule has 1 saturated heterocycles. The van der Waals surface area contributed by atoms with Crippen LogP contribution in [0.1, 0.15) is 6.92 Å². The van der Waals surface area contributed by atoms with Crippen molar-refractivity contribution in [1.29, 1.82) is 0 Å². The number of ether oxygens (including phenoxy) is 1. The zero-order valence-electron chi connectivity index (χ0n) is 9.92. The second-order valence-electron chi connectivity index (χ2n) is 4.00. The normalized spacial score (nSPS) is 41.1. The fourth-order valence-electron chi connectivity index (χ4n) is 1.66. The predicted octanol–water partition coefficient (Wildman–Crippen LogP) is -3.80. The summed E-state index contributed by atoms with van der Waals surface area (Å²) >= 11 is -0.822. The van der Waals surface area contributed by atoms with Crippen LogP contribution in [-0.2, 0) is 9.53 Å². The molecular formula is C9H17NO7Se. The third-order valence-corrected chi connectivity index (χ3v) is 4.32. The molecule has 1 fully saturated rings. The molecule has 0 spiro atoms. The molecule has 1 aliphatic heterocycles. The van der Waals surface area contributed by atoms with Crippen LogP contribution < -0.4 is 0 Å². The maximum atomic E-state index is 11.0. The molecule has 0 aromatic rings. The van der Waals surface area contributed by atoms with Gasteiger partial charge in [0.15, 0.2) is 0 Å². The molecule has 0 radical (unpaired) electrons. The summed E-state index contributed by atoms with van der Waals surface area (Å²) in [5, 5.41) is 48.1. The van der Waals surface area contributed by atoms with E-state index in [1.54, 1.807) is 0 Å². The van der Waals surface area contributed by atoms with Crippen molar-refractivity contribution >= 4 is 19.9 Å². The van der Waals surface area contributed by atoms with Crippen LogP contribution in [0.2, 0.25) is 0 Å². The van der Waals surface area contributed by atoms with Crippen molar-refractivity contribution in [1.82, 2.24) is 3.92 Å². The third-order valence-electron chi connectivity index (χ3n) is 2.66. The molecule has 1 rings (SSSR count). The number of carbonyl (C=O) groups is 1. The van der Waals surface area contributed by atoms with Gasteiger partial charge in [-0.2, -0.15) is 0 Å². The number of rotatable bonds is 4. The van der Waals surface area contributed by atoms with Gasteiger partial charge < -0.3 is 0 Å². The van der Waals surface area contributed by atoms with Gasteiger partial charge in [-0.3, -0.25) is 0 Å². The molecule has 5 atom stereocenters. The Bertz CT molecular complexity index is 315. The van der Waals surface area contributed by atoms with E-state index in [0.29, 0.717) is 0 Å². The van der Waals surface area contributed by atoms with Gasteiger partial charge in [0.1, 0.15) is 0 Å². The summed E-state index contributed by atoms with van der Waals surface area (Å²) in [6.45, 7) is 0.665. The summed E-state index contributed by atoms with van der Waals surface area (Å²) in [6, 6.07) is 0. The summed E-state index contributed by atoms with van der Waals surface area (Å²) in [5.41, 5.74) is 0. The topological polar surface area (TPSA) is 131 Å². The van der Waals surface area contributed by atoms with Crippen LogP contribution in [0.15, 0.2) is 0 Å². The minimum absolute atomic E-state index is 0.226. The van der Waals surface area contributed by atoms with E-state index in [-0.39, 0.29) is 4.68 Å². The number of hydrogen-bond acceptors (Lipinski definition) is 8. The molecule has 0 aliphatic carbocycles. The summed E-state index contributed by atoms with van der Waals surface area (Å²) in [4.78, 5) is 11.0. The molecule has 0 saturated carbocycles. The first-order valence-corrected chi connectivity index (χ1v) is 6.84. The van der Waals surface area contributed by atoms with Gasteiger partial charge in [0, 0.05) is 0 Å². The number of aliphatic hydroxyl groups is 5. The molecule has 0 aromatic heterocycles. The van der Waals surface area contributed by atoms with Crippen molar-refractivity contribution in [3.63, 3.8) is 0 Å². The molecule has 8 nitrogen and oxygen atoms in total. The predicted molar refractivity (Wildman–Crippen MR) is 59.1 cm³/mol. The van der Waals surface area contributed by atoms with E-state index in [4.69, 9.17) is 9.84 Å². The first kappa shape index (κ1) is 16.0. The van der Waals surface area contributed by atoms with E-state index < -0.39 is 52.1 Å². The zero-order valence-corrected chi connectivity index (χ0v) is 11.6. The van der Waals surface area contributed by atoms with Crippen molar-refractivity contribution in [3.05, 3.63) is 0 Å². The van der Waals surface area contributed by atoms with Gasteiger partial charge in [-0.15, -0.1) is 0 Å². The van der Waals surface area contributed by atoms with Crippen molar-refractivity contribution < 1.29 is 35.1 Å². The Balaban J connectivity index is 2.94. The van der Waals surface area contributed by atoms with Gasteiger partial charge in [-0.25, -0.2) is 0 Å². The fraction of sp³-hybridized carbons (Fsp3) is 0.889. The van der Waals surface area contributed by atoms with E-state index in [2.05, 4.69) is 0 Å². The van der Waals surface area contributed by atoms with E-state index in [0.717, 1.165) is 3.92 Å². The SMILES string of the molecule is CC(=O)[Se]N(C)C1(O)OC(CO)C(O)C(O)C1O. The second-order valence-corrected chi connectivity index (χ2v) is 6.74. The molecule has 0 bridgehead atoms. The molecule has 1 heterocycles. The average molecular weight is 330 g/mol. The third kappa shape index (κ3) is 2.90. The molecule has 0 amide bonds. The Labute approximate surface area is 110 Å². The van der Waals surface area contributed by atoms with Crippen molar-refractivity contribution in [2.24, 2.45) is 0 Å². The van der Waals surface area contributed by atoms with Crippen molar-refractivity contribution in [2.45, 2.75) is 37.3 Å². The Morgan fingerprint density at radius 2 is 1.94 bits per heavy atom. The Morgan fingerprint density at radius 1 is 1.39 bits per heavy atom. The van der Waals surface area contributed by atoms with Crippen LogP contribution in [0.3, 0.4) is 0 Å². The Hall–Kier alpha value is -0.0905. The van der Waals surface area contributed by atoms with E-state index in [1.165, 1.54) is 14.0 Å². The summed E-state index contributed by atoms with van der Waals surface area (Å²) in [6.07, 6.45) is -6.28. The van der Waals surface area contributed by atoms with Crippen LogP contribution in [0, 0.1) is 0 Å². The van der Waals surface area contributed by atoms with Crippen LogP contribution >= 0.6 is 0 Å². The van der Waals surface area contributed by atoms with Crippen LogP contribution in [0.5, 0.6) is 0 Å². The molecule has 9 heteroatoms. The van der Waals surface area contributed by atoms with Gasteiger partial charge in [0.05, 0.1) is 0 Å².